The van der Waals surface area contributed by atoms with Crippen LogP contribution in [0.15, 0.2) is 24.4 Å². The molecule has 126 valence electrons. The quantitative estimate of drug-likeness (QED) is 0.796. The Kier molecular flexibility index (Phi) is 3.87. The first-order valence-corrected chi connectivity index (χ1v) is 6.79. The topological polar surface area (TPSA) is 96.1 Å². The van der Waals surface area contributed by atoms with E-state index in [-0.39, 0.29) is 30.2 Å². The maximum absolute atomic E-state index is 13.0. The van der Waals surface area contributed by atoms with Crippen LogP contribution in [0.5, 0.6) is 5.75 Å². The normalized spacial score (nSPS) is 13.7. The second-order valence-electron chi connectivity index (χ2n) is 5.04. The Morgan fingerprint density at radius 2 is 2.17 bits per heavy atom. The third-order valence-electron chi connectivity index (χ3n) is 3.22. The molecule has 2 heterocycles. The highest BCUT2D eigenvalue weighted by atomic mass is 19.4. The van der Waals surface area contributed by atoms with Gasteiger partial charge in [0, 0.05) is 11.9 Å². The van der Waals surface area contributed by atoms with E-state index in [9.17, 15) is 22.8 Å². The second-order valence-corrected chi connectivity index (χ2v) is 5.04. The lowest BCUT2D eigenvalue weighted by atomic mass is 10.1. The van der Waals surface area contributed by atoms with E-state index in [1.165, 1.54) is 6.20 Å². The third-order valence-corrected chi connectivity index (χ3v) is 3.22. The average molecular weight is 340 g/mol. The van der Waals surface area contributed by atoms with Crippen LogP contribution >= 0.6 is 0 Å². The standard InChI is InChI=1S/C14H11F3N4O3/c15-14(16,17)7-3-9(13-10(4-7)20-12(23)6-24-13)19-11(22)5-8-1-2-18-21-8/h1-4H,5-6H2,(H,18,21)(H,19,22)(H,20,23). The highest BCUT2D eigenvalue weighted by Gasteiger charge is 2.34. The van der Waals surface area contributed by atoms with E-state index in [4.69, 9.17) is 4.74 Å². The number of hydrogen-bond acceptors (Lipinski definition) is 4. The smallest absolute Gasteiger partial charge is 0.416 e. The Morgan fingerprint density at radius 3 is 2.83 bits per heavy atom. The molecule has 7 nitrogen and oxygen atoms in total. The van der Waals surface area contributed by atoms with E-state index in [1.54, 1.807) is 6.07 Å². The van der Waals surface area contributed by atoms with Gasteiger partial charge in [0.15, 0.2) is 12.4 Å². The predicted octanol–water partition coefficient (Wildman–Crippen LogP) is 1.94. The van der Waals surface area contributed by atoms with Crippen LogP contribution in [-0.2, 0) is 22.2 Å². The summed E-state index contributed by atoms with van der Waals surface area (Å²) in [5.41, 5.74) is -0.811. The first-order chi connectivity index (χ1) is 11.3. The number of alkyl halides is 3. The molecule has 3 rings (SSSR count). The number of nitrogens with one attached hydrogen (secondary N) is 3. The molecule has 2 aromatic rings. The predicted molar refractivity (Wildman–Crippen MR) is 76.5 cm³/mol. The number of nitrogens with zero attached hydrogens (tertiary/aromatic N) is 1. The van der Waals surface area contributed by atoms with E-state index < -0.39 is 23.6 Å². The number of rotatable bonds is 3. The van der Waals surface area contributed by atoms with Gasteiger partial charge < -0.3 is 15.4 Å². The summed E-state index contributed by atoms with van der Waals surface area (Å²) < 4.78 is 44.2. The number of hydrogen-bond donors (Lipinski definition) is 3. The zero-order chi connectivity index (χ0) is 17.3. The number of H-pyrrole nitrogens is 1. The first-order valence-electron chi connectivity index (χ1n) is 6.79. The van der Waals surface area contributed by atoms with E-state index >= 15 is 0 Å². The number of benzene rings is 1. The van der Waals surface area contributed by atoms with E-state index in [1.807, 2.05) is 0 Å². The molecule has 1 aromatic heterocycles. The van der Waals surface area contributed by atoms with E-state index in [2.05, 4.69) is 20.8 Å². The average Bonchev–Trinajstić information content (AvgIpc) is 2.98. The van der Waals surface area contributed by atoms with Gasteiger partial charge in [0.2, 0.25) is 5.91 Å². The lowest BCUT2D eigenvalue weighted by Gasteiger charge is -2.22. The lowest BCUT2D eigenvalue weighted by molar-refractivity contribution is -0.137. The Bertz CT molecular complexity index is 787. The summed E-state index contributed by atoms with van der Waals surface area (Å²) >= 11 is 0. The zero-order valence-electron chi connectivity index (χ0n) is 12.0. The first kappa shape index (κ1) is 15.8. The van der Waals surface area contributed by atoms with Crippen LogP contribution in [0.3, 0.4) is 0 Å². The van der Waals surface area contributed by atoms with E-state index in [0.717, 1.165) is 12.1 Å². The molecule has 0 spiro atoms. The Hall–Kier alpha value is -3.04. The molecule has 1 aromatic carbocycles. The summed E-state index contributed by atoms with van der Waals surface area (Å²) in [4.78, 5) is 23.3. The number of ether oxygens (including phenoxy) is 1. The van der Waals surface area contributed by atoms with Crippen molar-refractivity contribution in [2.24, 2.45) is 0 Å². The molecule has 0 aliphatic carbocycles. The van der Waals surface area contributed by atoms with Gasteiger partial charge in [-0.25, -0.2) is 0 Å². The Balaban J connectivity index is 1.92. The van der Waals surface area contributed by atoms with Gasteiger partial charge in [-0.1, -0.05) is 0 Å². The fraction of sp³-hybridized carbons (Fsp3) is 0.214. The number of carbonyl (C=O) groups is 2. The number of halogens is 3. The van der Waals surface area contributed by atoms with Crippen molar-refractivity contribution >= 4 is 23.2 Å². The summed E-state index contributed by atoms with van der Waals surface area (Å²) in [6.07, 6.45) is -3.29. The summed E-state index contributed by atoms with van der Waals surface area (Å²) in [6.45, 7) is -0.345. The minimum atomic E-state index is -4.64. The molecule has 3 N–H and O–H groups in total. The van der Waals surface area contributed by atoms with Crippen LogP contribution < -0.4 is 15.4 Å². The van der Waals surface area contributed by atoms with Crippen molar-refractivity contribution in [3.8, 4) is 5.75 Å². The highest BCUT2D eigenvalue weighted by molar-refractivity contribution is 6.00. The largest absolute Gasteiger partial charge is 0.479 e. The molecule has 1 aliphatic rings. The Morgan fingerprint density at radius 1 is 1.38 bits per heavy atom. The number of carbonyl (C=O) groups excluding carboxylic acids is 2. The van der Waals surface area contributed by atoms with Gasteiger partial charge in [0.1, 0.15) is 0 Å². The van der Waals surface area contributed by atoms with Crippen molar-refractivity contribution in [3.63, 3.8) is 0 Å². The van der Waals surface area contributed by atoms with Crippen molar-refractivity contribution in [2.45, 2.75) is 12.6 Å². The lowest BCUT2D eigenvalue weighted by Crippen LogP contribution is -2.27. The van der Waals surface area contributed by atoms with E-state index in [0.29, 0.717) is 5.69 Å². The molecule has 0 fully saturated rings. The molecule has 24 heavy (non-hydrogen) atoms. The highest BCUT2D eigenvalue weighted by Crippen LogP contribution is 2.41. The SMILES string of the molecule is O=C1COc2c(cc(C(F)(F)F)cc2NC(=O)Cc2ccn[nH]2)N1. The maximum Gasteiger partial charge on any atom is 0.416 e. The van der Waals surface area contributed by atoms with Gasteiger partial charge in [-0.15, -0.1) is 0 Å². The van der Waals surface area contributed by atoms with Crippen LogP contribution in [0.25, 0.3) is 0 Å². The second kappa shape index (κ2) is 5.87. The third kappa shape index (κ3) is 3.31. The molecule has 0 saturated heterocycles. The summed E-state index contributed by atoms with van der Waals surface area (Å²) in [5, 5.41) is 10.9. The summed E-state index contributed by atoms with van der Waals surface area (Å²) in [5.74, 6) is -1.14. The maximum atomic E-state index is 13.0. The van der Waals surface area contributed by atoms with Crippen molar-refractivity contribution in [3.05, 3.63) is 35.7 Å². The van der Waals surface area contributed by atoms with Gasteiger partial charge in [0.25, 0.3) is 5.91 Å². The van der Waals surface area contributed by atoms with Crippen LogP contribution in [0.4, 0.5) is 24.5 Å². The summed E-state index contributed by atoms with van der Waals surface area (Å²) in [7, 11) is 0. The molecular weight excluding hydrogens is 329 g/mol. The molecule has 0 radical (unpaired) electrons. The van der Waals surface area contributed by atoms with Gasteiger partial charge in [-0.3, -0.25) is 14.7 Å². The van der Waals surface area contributed by atoms with Gasteiger partial charge in [-0.05, 0) is 18.2 Å². The minimum absolute atomic E-state index is 0.0134. The van der Waals surface area contributed by atoms with Gasteiger partial charge in [-0.2, -0.15) is 18.3 Å². The van der Waals surface area contributed by atoms with Gasteiger partial charge >= 0.3 is 6.18 Å². The zero-order valence-corrected chi connectivity index (χ0v) is 12.0. The van der Waals surface area contributed by atoms with Crippen LogP contribution in [0.1, 0.15) is 11.3 Å². The molecule has 1 aliphatic heterocycles. The summed E-state index contributed by atoms with van der Waals surface area (Å²) in [6, 6.07) is 3.09. The molecule has 10 heteroatoms. The van der Waals surface area contributed by atoms with Crippen molar-refractivity contribution < 1.29 is 27.5 Å². The minimum Gasteiger partial charge on any atom is -0.479 e. The molecule has 0 bridgehead atoms. The fourth-order valence-electron chi connectivity index (χ4n) is 2.21. The number of anilines is 2. The van der Waals surface area contributed by atoms with Crippen LogP contribution in [-0.4, -0.2) is 28.6 Å². The van der Waals surface area contributed by atoms with Crippen LogP contribution in [0.2, 0.25) is 0 Å². The molecule has 0 saturated carbocycles. The van der Waals surface area contributed by atoms with Crippen molar-refractivity contribution in [2.75, 3.05) is 17.2 Å². The monoisotopic (exact) mass is 340 g/mol. The van der Waals surface area contributed by atoms with Gasteiger partial charge in [0.05, 0.1) is 23.4 Å². The molecule has 2 amide bonds. The molecular formula is C14H11F3N4O3. The Labute approximate surface area is 133 Å². The molecule has 0 unspecified atom stereocenters. The number of aromatic nitrogens is 2. The fourth-order valence-corrected chi connectivity index (χ4v) is 2.21. The van der Waals surface area contributed by atoms with Crippen LogP contribution in [0, 0.1) is 0 Å². The number of aromatic amines is 1. The molecule has 0 atom stereocenters. The number of amides is 2. The van der Waals surface area contributed by atoms with Crippen molar-refractivity contribution in [1.82, 2.24) is 10.2 Å². The van der Waals surface area contributed by atoms with Crippen molar-refractivity contribution in [1.29, 1.82) is 0 Å². The number of fused-ring (bicyclic) bond motifs is 1.